The van der Waals surface area contributed by atoms with Gasteiger partial charge in [0.05, 0.1) is 11.6 Å². The molecule has 0 saturated heterocycles. The van der Waals surface area contributed by atoms with Crippen molar-refractivity contribution < 1.29 is 4.42 Å². The molecule has 3 nitrogen and oxygen atoms in total. The molecule has 0 aliphatic rings. The van der Waals surface area contributed by atoms with E-state index in [-0.39, 0.29) is 0 Å². The molecular weight excluding hydrogens is 295 g/mol. The molecule has 2 aromatic rings. The summed E-state index contributed by atoms with van der Waals surface area (Å²) in [4.78, 5) is 0. The van der Waals surface area contributed by atoms with E-state index in [1.165, 1.54) is 0 Å². The molecule has 0 amide bonds. The zero-order valence-electron chi connectivity index (χ0n) is 11.4. The van der Waals surface area contributed by atoms with Crippen molar-refractivity contribution in [2.24, 2.45) is 0 Å². The van der Waals surface area contributed by atoms with Crippen LogP contribution in [0, 0.1) is 0 Å². The average molecular weight is 313 g/mol. The van der Waals surface area contributed by atoms with Crippen molar-refractivity contribution in [3.8, 4) is 11.3 Å². The summed E-state index contributed by atoms with van der Waals surface area (Å²) in [5.74, 6) is 1.63. The molecule has 5 heteroatoms. The second-order valence-electron chi connectivity index (χ2n) is 4.52. The van der Waals surface area contributed by atoms with Crippen molar-refractivity contribution in [3.05, 3.63) is 46.1 Å². The third-order valence-corrected chi connectivity index (χ3v) is 3.50. The molecule has 20 heavy (non-hydrogen) atoms. The largest absolute Gasteiger partial charge is 0.460 e. The first-order valence-corrected chi connectivity index (χ1v) is 7.36. The molecule has 0 saturated carbocycles. The maximum absolute atomic E-state index is 6.16. The SMILES string of the molecule is CNCCCNCc1ccc(-c2cc(Cl)ccc2Cl)o1. The van der Waals surface area contributed by atoms with Crippen LogP contribution >= 0.6 is 23.2 Å². The molecule has 108 valence electrons. The van der Waals surface area contributed by atoms with Crippen LogP contribution in [-0.2, 0) is 6.54 Å². The van der Waals surface area contributed by atoms with E-state index in [2.05, 4.69) is 10.6 Å². The molecule has 0 unspecified atom stereocenters. The quantitative estimate of drug-likeness (QED) is 0.760. The van der Waals surface area contributed by atoms with Crippen LogP contribution in [0.5, 0.6) is 0 Å². The van der Waals surface area contributed by atoms with Gasteiger partial charge in [0.2, 0.25) is 0 Å². The average Bonchev–Trinajstić information content (AvgIpc) is 2.90. The van der Waals surface area contributed by atoms with Gasteiger partial charge in [0, 0.05) is 10.6 Å². The number of rotatable bonds is 7. The third-order valence-electron chi connectivity index (χ3n) is 2.94. The minimum atomic E-state index is 0.636. The van der Waals surface area contributed by atoms with Crippen LogP contribution in [0.15, 0.2) is 34.7 Å². The Morgan fingerprint density at radius 2 is 1.95 bits per heavy atom. The summed E-state index contributed by atoms with van der Waals surface area (Å²) in [6.45, 7) is 2.67. The van der Waals surface area contributed by atoms with Crippen LogP contribution in [0.4, 0.5) is 0 Å². The van der Waals surface area contributed by atoms with Gasteiger partial charge in [-0.1, -0.05) is 23.2 Å². The molecular formula is C15H18Cl2N2O. The molecule has 0 atom stereocenters. The summed E-state index contributed by atoms with van der Waals surface area (Å²) in [6, 6.07) is 9.23. The number of hydrogen-bond acceptors (Lipinski definition) is 3. The maximum Gasteiger partial charge on any atom is 0.135 e. The highest BCUT2D eigenvalue weighted by molar-refractivity contribution is 6.35. The molecule has 0 radical (unpaired) electrons. The van der Waals surface area contributed by atoms with Crippen molar-refractivity contribution in [1.82, 2.24) is 10.6 Å². The highest BCUT2D eigenvalue weighted by Crippen LogP contribution is 2.31. The van der Waals surface area contributed by atoms with Gasteiger partial charge in [-0.2, -0.15) is 0 Å². The lowest BCUT2D eigenvalue weighted by Gasteiger charge is -2.03. The Morgan fingerprint density at radius 3 is 2.75 bits per heavy atom. The van der Waals surface area contributed by atoms with E-state index < -0.39 is 0 Å². The summed E-state index contributed by atoms with van der Waals surface area (Å²) < 4.78 is 5.79. The van der Waals surface area contributed by atoms with E-state index in [4.69, 9.17) is 27.6 Å². The Kier molecular flexibility index (Phi) is 5.92. The highest BCUT2D eigenvalue weighted by Gasteiger charge is 2.09. The van der Waals surface area contributed by atoms with Crippen LogP contribution in [0.3, 0.4) is 0 Å². The van der Waals surface area contributed by atoms with E-state index >= 15 is 0 Å². The van der Waals surface area contributed by atoms with Crippen molar-refractivity contribution >= 4 is 23.2 Å². The van der Waals surface area contributed by atoms with Crippen LogP contribution in [0.25, 0.3) is 11.3 Å². The number of furan rings is 1. The van der Waals surface area contributed by atoms with Gasteiger partial charge in [-0.25, -0.2) is 0 Å². The Morgan fingerprint density at radius 1 is 1.10 bits per heavy atom. The molecule has 1 aromatic carbocycles. The van der Waals surface area contributed by atoms with Crippen molar-refractivity contribution in [2.45, 2.75) is 13.0 Å². The Hall–Kier alpha value is -1.00. The van der Waals surface area contributed by atoms with E-state index in [9.17, 15) is 0 Å². The predicted molar refractivity (Wildman–Crippen MR) is 84.4 cm³/mol. The summed E-state index contributed by atoms with van der Waals surface area (Å²) in [7, 11) is 1.95. The molecule has 0 spiro atoms. The first-order valence-electron chi connectivity index (χ1n) is 6.60. The lowest BCUT2D eigenvalue weighted by Crippen LogP contribution is -2.19. The minimum absolute atomic E-state index is 0.636. The standard InChI is InChI=1S/C15H18Cl2N2O/c1-18-7-2-8-19-10-12-4-6-15(20-12)13-9-11(16)3-5-14(13)17/h3-6,9,18-19H,2,7-8,10H2,1H3. The number of hydrogen-bond donors (Lipinski definition) is 2. The Labute approximate surface area is 129 Å². The first-order chi connectivity index (χ1) is 9.70. The number of halogens is 2. The summed E-state index contributed by atoms with van der Waals surface area (Å²) >= 11 is 12.1. The normalized spacial score (nSPS) is 10.9. The van der Waals surface area contributed by atoms with Crippen LogP contribution in [-0.4, -0.2) is 20.1 Å². The fraction of sp³-hybridized carbons (Fsp3) is 0.333. The summed E-state index contributed by atoms with van der Waals surface area (Å²) in [5.41, 5.74) is 0.820. The lowest BCUT2D eigenvalue weighted by molar-refractivity contribution is 0.490. The number of nitrogens with one attached hydrogen (secondary N) is 2. The molecule has 0 aliphatic heterocycles. The molecule has 0 bridgehead atoms. The lowest BCUT2D eigenvalue weighted by atomic mass is 10.2. The second-order valence-corrected chi connectivity index (χ2v) is 5.37. The molecule has 2 rings (SSSR count). The zero-order valence-corrected chi connectivity index (χ0v) is 12.9. The molecule has 1 aromatic heterocycles. The maximum atomic E-state index is 6.16. The smallest absolute Gasteiger partial charge is 0.135 e. The van der Waals surface area contributed by atoms with Crippen LogP contribution < -0.4 is 10.6 Å². The van der Waals surface area contributed by atoms with Gasteiger partial charge in [0.1, 0.15) is 11.5 Å². The first kappa shape index (κ1) is 15.4. The summed E-state index contributed by atoms with van der Waals surface area (Å²) in [5, 5.41) is 7.73. The van der Waals surface area contributed by atoms with Gasteiger partial charge in [-0.3, -0.25) is 0 Å². The number of benzene rings is 1. The third kappa shape index (κ3) is 4.25. The molecule has 1 heterocycles. The molecule has 2 N–H and O–H groups in total. The monoisotopic (exact) mass is 312 g/mol. The van der Waals surface area contributed by atoms with Crippen molar-refractivity contribution in [1.29, 1.82) is 0 Å². The van der Waals surface area contributed by atoms with E-state index in [1.54, 1.807) is 12.1 Å². The van der Waals surface area contributed by atoms with Gasteiger partial charge >= 0.3 is 0 Å². The molecule has 0 fully saturated rings. The highest BCUT2D eigenvalue weighted by atomic mass is 35.5. The van der Waals surface area contributed by atoms with Crippen LogP contribution in [0.1, 0.15) is 12.2 Å². The van der Waals surface area contributed by atoms with E-state index in [0.29, 0.717) is 16.6 Å². The fourth-order valence-electron chi connectivity index (χ4n) is 1.91. The summed E-state index contributed by atoms with van der Waals surface area (Å²) in [6.07, 6.45) is 1.09. The Balaban J connectivity index is 1.96. The Bertz CT molecular complexity index is 555. The zero-order chi connectivity index (χ0) is 14.4. The van der Waals surface area contributed by atoms with Gasteiger partial charge in [0.25, 0.3) is 0 Å². The van der Waals surface area contributed by atoms with Gasteiger partial charge in [0.15, 0.2) is 0 Å². The van der Waals surface area contributed by atoms with Gasteiger partial charge < -0.3 is 15.1 Å². The van der Waals surface area contributed by atoms with Crippen molar-refractivity contribution in [3.63, 3.8) is 0 Å². The van der Waals surface area contributed by atoms with E-state index in [1.807, 2.05) is 25.2 Å². The predicted octanol–water partition coefficient (Wildman–Crippen LogP) is 3.95. The second kappa shape index (κ2) is 7.70. The fourth-order valence-corrected chi connectivity index (χ4v) is 2.29. The van der Waals surface area contributed by atoms with Crippen LogP contribution in [0.2, 0.25) is 10.0 Å². The van der Waals surface area contributed by atoms with Crippen molar-refractivity contribution in [2.75, 3.05) is 20.1 Å². The van der Waals surface area contributed by atoms with Gasteiger partial charge in [-0.05, 0) is 56.9 Å². The van der Waals surface area contributed by atoms with Gasteiger partial charge in [-0.15, -0.1) is 0 Å². The topological polar surface area (TPSA) is 37.2 Å². The minimum Gasteiger partial charge on any atom is -0.460 e. The molecule has 0 aliphatic carbocycles. The van der Waals surface area contributed by atoms with E-state index in [0.717, 1.165) is 36.6 Å².